The summed E-state index contributed by atoms with van der Waals surface area (Å²) < 4.78 is 6.73. The van der Waals surface area contributed by atoms with Crippen LogP contribution in [0.2, 0.25) is 0 Å². The molecule has 36 heavy (non-hydrogen) atoms. The minimum Gasteiger partial charge on any atom is -0.455 e. The second-order valence-corrected chi connectivity index (χ2v) is 11.0. The number of hydrogen-bond acceptors (Lipinski definition) is 8. The van der Waals surface area contributed by atoms with Crippen LogP contribution in [0, 0.1) is 18.3 Å². The maximum absolute atomic E-state index is 9.27. The van der Waals surface area contributed by atoms with E-state index in [1.807, 2.05) is 0 Å². The summed E-state index contributed by atoms with van der Waals surface area (Å²) in [5, 5.41) is 12.8. The van der Waals surface area contributed by atoms with Gasteiger partial charge in [-0.15, -0.1) is 0 Å². The Morgan fingerprint density at radius 1 is 1.17 bits per heavy atom. The van der Waals surface area contributed by atoms with Gasteiger partial charge in [0.25, 0.3) is 0 Å². The predicted octanol–water partition coefficient (Wildman–Crippen LogP) is 3.05. The smallest absolute Gasteiger partial charge is 0.319 e. The lowest BCUT2D eigenvalue weighted by Gasteiger charge is -2.38. The second-order valence-electron chi connectivity index (χ2n) is 11.0. The number of aromatic nitrogens is 2. The highest BCUT2D eigenvalue weighted by molar-refractivity contribution is 5.58. The molecule has 1 aliphatic carbocycles. The maximum Gasteiger partial charge on any atom is 0.319 e. The number of nitrogens with zero attached hydrogens (tertiary/aromatic N) is 6. The summed E-state index contributed by atoms with van der Waals surface area (Å²) in [5.74, 6) is 1.01. The molecule has 3 aliphatic heterocycles. The summed E-state index contributed by atoms with van der Waals surface area (Å²) >= 11 is 0. The number of likely N-dealkylation sites (tertiary alicyclic amines) is 1. The van der Waals surface area contributed by atoms with Crippen molar-refractivity contribution in [1.82, 2.24) is 20.2 Å². The van der Waals surface area contributed by atoms with Gasteiger partial charge in [0.2, 0.25) is 0 Å². The van der Waals surface area contributed by atoms with Crippen molar-refractivity contribution in [1.29, 1.82) is 5.26 Å². The van der Waals surface area contributed by atoms with Gasteiger partial charge in [0.15, 0.2) is 0 Å². The standard InChI is InChI=1S/C28H37N7O/c1-20-6-3-4-7-24(20)34-16-10-22-23(19-34)31-27(36-28(11-12-28)25-8-5-15-33(25)2)32-26(22)35-17-14-30-21(18-35)9-13-29/h3-4,6-7,21,25,30H,5,8-12,14-19H2,1-2H3. The fraction of sp³-hybridized carbons (Fsp3) is 0.607. The lowest BCUT2D eigenvalue weighted by atomic mass is 10.0. The van der Waals surface area contributed by atoms with E-state index < -0.39 is 0 Å². The normalized spacial score (nSPS) is 25.4. The van der Waals surface area contributed by atoms with Crippen molar-refractivity contribution in [2.24, 2.45) is 0 Å². The summed E-state index contributed by atoms with van der Waals surface area (Å²) in [7, 11) is 2.22. The summed E-state index contributed by atoms with van der Waals surface area (Å²) in [6.07, 6.45) is 5.97. The van der Waals surface area contributed by atoms with Crippen LogP contribution in [0.5, 0.6) is 6.01 Å². The van der Waals surface area contributed by atoms with Crippen LogP contribution in [0.25, 0.3) is 0 Å². The number of benzene rings is 1. The number of nitriles is 1. The van der Waals surface area contributed by atoms with Crippen molar-refractivity contribution in [3.63, 3.8) is 0 Å². The number of rotatable bonds is 6. The number of piperazine rings is 1. The molecule has 0 radical (unpaired) electrons. The zero-order chi connectivity index (χ0) is 24.7. The number of fused-ring (bicyclic) bond motifs is 1. The molecule has 8 heteroatoms. The predicted molar refractivity (Wildman–Crippen MR) is 140 cm³/mol. The van der Waals surface area contributed by atoms with Crippen molar-refractivity contribution in [2.45, 2.75) is 69.7 Å². The third kappa shape index (κ3) is 4.39. The van der Waals surface area contributed by atoms with Crippen LogP contribution in [0.4, 0.5) is 11.5 Å². The molecule has 4 aliphatic rings. The molecule has 1 aromatic carbocycles. The van der Waals surface area contributed by atoms with Crippen LogP contribution in [-0.2, 0) is 13.0 Å². The Kier molecular flexibility index (Phi) is 6.22. The van der Waals surface area contributed by atoms with E-state index in [9.17, 15) is 5.26 Å². The molecule has 8 nitrogen and oxygen atoms in total. The molecule has 1 N–H and O–H groups in total. The average Bonchev–Trinajstić information content (AvgIpc) is 3.52. The van der Waals surface area contributed by atoms with Gasteiger partial charge < -0.3 is 19.9 Å². The number of ether oxygens (including phenoxy) is 1. The molecule has 2 atom stereocenters. The zero-order valence-corrected chi connectivity index (χ0v) is 21.5. The molecule has 2 aromatic rings. The highest BCUT2D eigenvalue weighted by Crippen LogP contribution is 2.47. The van der Waals surface area contributed by atoms with Gasteiger partial charge in [-0.1, -0.05) is 18.2 Å². The first-order chi connectivity index (χ1) is 17.6. The van der Waals surface area contributed by atoms with Crippen molar-refractivity contribution in [2.75, 3.05) is 49.6 Å². The van der Waals surface area contributed by atoms with E-state index in [0.717, 1.165) is 70.0 Å². The molecular formula is C28H37N7O. The molecule has 0 bridgehead atoms. The maximum atomic E-state index is 9.27. The van der Waals surface area contributed by atoms with Gasteiger partial charge >= 0.3 is 6.01 Å². The largest absolute Gasteiger partial charge is 0.455 e. The SMILES string of the molecule is Cc1ccccc1N1CCc2c(nc(OC3(C4CCCN4C)CC3)nc2N2CCNC(CC#N)C2)C1. The van der Waals surface area contributed by atoms with Crippen LogP contribution in [-0.4, -0.2) is 72.3 Å². The molecule has 2 unspecified atom stereocenters. The Balaban J connectivity index is 1.34. The Bertz CT molecular complexity index is 1160. The molecular weight excluding hydrogens is 450 g/mol. The first-order valence-electron chi connectivity index (χ1n) is 13.5. The molecule has 190 valence electrons. The quantitative estimate of drug-likeness (QED) is 0.666. The molecule has 0 spiro atoms. The molecule has 3 fully saturated rings. The van der Waals surface area contributed by atoms with Gasteiger partial charge in [-0.2, -0.15) is 15.2 Å². The molecule has 2 saturated heterocycles. The van der Waals surface area contributed by atoms with Gasteiger partial charge in [0.1, 0.15) is 11.4 Å². The number of para-hydroxylation sites is 1. The Morgan fingerprint density at radius 2 is 2.03 bits per heavy atom. The minimum atomic E-state index is -0.145. The lowest BCUT2D eigenvalue weighted by molar-refractivity contribution is 0.0759. The van der Waals surface area contributed by atoms with E-state index in [1.54, 1.807) is 0 Å². The van der Waals surface area contributed by atoms with Crippen LogP contribution in [0.15, 0.2) is 24.3 Å². The van der Waals surface area contributed by atoms with E-state index in [0.29, 0.717) is 18.5 Å². The fourth-order valence-corrected chi connectivity index (χ4v) is 6.47. The summed E-state index contributed by atoms with van der Waals surface area (Å²) in [4.78, 5) is 17.4. The highest BCUT2D eigenvalue weighted by Gasteiger charge is 2.55. The van der Waals surface area contributed by atoms with E-state index in [1.165, 1.54) is 29.7 Å². The van der Waals surface area contributed by atoms with E-state index in [2.05, 4.69) is 64.3 Å². The van der Waals surface area contributed by atoms with Crippen molar-refractivity contribution < 1.29 is 4.74 Å². The van der Waals surface area contributed by atoms with Gasteiger partial charge in [-0.3, -0.25) is 4.90 Å². The Labute approximate surface area is 214 Å². The van der Waals surface area contributed by atoms with Crippen LogP contribution in [0.3, 0.4) is 0 Å². The molecule has 6 rings (SSSR count). The van der Waals surface area contributed by atoms with Crippen molar-refractivity contribution in [3.05, 3.63) is 41.1 Å². The first-order valence-corrected chi connectivity index (χ1v) is 13.5. The molecule has 1 aromatic heterocycles. The third-order valence-corrected chi connectivity index (χ3v) is 8.54. The molecule has 0 amide bonds. The van der Waals surface area contributed by atoms with Crippen molar-refractivity contribution in [3.8, 4) is 12.1 Å². The topological polar surface area (TPSA) is 80.6 Å². The summed E-state index contributed by atoms with van der Waals surface area (Å²) in [6.45, 7) is 7.54. The number of hydrogen-bond donors (Lipinski definition) is 1. The number of nitrogens with one attached hydrogen (secondary N) is 1. The van der Waals surface area contributed by atoms with Crippen molar-refractivity contribution >= 4 is 11.5 Å². The third-order valence-electron chi connectivity index (χ3n) is 8.54. The number of likely N-dealkylation sites (N-methyl/N-ethyl adjacent to an activating group) is 1. The van der Waals surface area contributed by atoms with Crippen LogP contribution in [0.1, 0.15) is 48.9 Å². The first kappa shape index (κ1) is 23.5. The second kappa shape index (κ2) is 9.53. The van der Waals surface area contributed by atoms with Gasteiger partial charge in [-0.25, -0.2) is 0 Å². The van der Waals surface area contributed by atoms with E-state index in [4.69, 9.17) is 14.7 Å². The number of anilines is 2. The van der Waals surface area contributed by atoms with E-state index in [-0.39, 0.29) is 11.6 Å². The van der Waals surface area contributed by atoms with Gasteiger partial charge in [0, 0.05) is 49.5 Å². The number of aryl methyl sites for hydroxylation is 1. The lowest BCUT2D eigenvalue weighted by Crippen LogP contribution is -2.51. The fourth-order valence-electron chi connectivity index (χ4n) is 6.47. The molecule has 1 saturated carbocycles. The van der Waals surface area contributed by atoms with Gasteiger partial charge in [0.05, 0.1) is 24.7 Å². The van der Waals surface area contributed by atoms with Gasteiger partial charge in [-0.05, 0) is 64.3 Å². The van der Waals surface area contributed by atoms with E-state index >= 15 is 0 Å². The Morgan fingerprint density at radius 3 is 2.78 bits per heavy atom. The summed E-state index contributed by atoms with van der Waals surface area (Å²) in [6, 6.07) is 12.1. The molecule has 4 heterocycles. The highest BCUT2D eigenvalue weighted by atomic mass is 16.5. The minimum absolute atomic E-state index is 0.145. The zero-order valence-electron chi connectivity index (χ0n) is 21.5. The summed E-state index contributed by atoms with van der Waals surface area (Å²) in [5.41, 5.74) is 4.74. The van der Waals surface area contributed by atoms with Crippen LogP contribution >= 0.6 is 0 Å². The monoisotopic (exact) mass is 487 g/mol. The Hall–Kier alpha value is -2.89. The average molecular weight is 488 g/mol. The van der Waals surface area contributed by atoms with Crippen LogP contribution < -0.4 is 19.9 Å².